The van der Waals surface area contributed by atoms with Gasteiger partial charge >= 0.3 is 0 Å². The predicted molar refractivity (Wildman–Crippen MR) is 69.4 cm³/mol. The second kappa shape index (κ2) is 5.57. The lowest BCUT2D eigenvalue weighted by molar-refractivity contribution is -0.385. The van der Waals surface area contributed by atoms with E-state index in [4.69, 9.17) is 0 Å². The fourth-order valence-electron chi connectivity index (χ4n) is 1.84. The highest BCUT2D eigenvalue weighted by Gasteiger charge is 2.17. The molecule has 2 aromatic rings. The Balaban J connectivity index is 2.07. The van der Waals surface area contributed by atoms with Crippen molar-refractivity contribution in [1.29, 1.82) is 0 Å². The van der Waals surface area contributed by atoms with E-state index in [0.29, 0.717) is 17.9 Å². The van der Waals surface area contributed by atoms with E-state index < -0.39 is 0 Å². The molecule has 100 valence electrons. The van der Waals surface area contributed by atoms with Gasteiger partial charge in [0, 0.05) is 24.7 Å². The molecule has 1 aromatic carbocycles. The van der Waals surface area contributed by atoms with Gasteiger partial charge in [0.15, 0.2) is 5.82 Å². The van der Waals surface area contributed by atoms with Crippen molar-refractivity contribution in [2.45, 2.75) is 19.5 Å². The first kappa shape index (κ1) is 13.2. The highest BCUT2D eigenvalue weighted by atomic mass is 16.6. The first-order chi connectivity index (χ1) is 9.08. The van der Waals surface area contributed by atoms with Crippen LogP contribution in [0.2, 0.25) is 0 Å². The summed E-state index contributed by atoms with van der Waals surface area (Å²) in [6.45, 7) is 2.35. The third-order valence-electron chi connectivity index (χ3n) is 2.81. The van der Waals surface area contributed by atoms with E-state index in [1.165, 1.54) is 6.07 Å². The molecule has 0 saturated heterocycles. The van der Waals surface area contributed by atoms with E-state index in [1.54, 1.807) is 36.3 Å². The van der Waals surface area contributed by atoms with Crippen molar-refractivity contribution in [1.82, 2.24) is 20.1 Å². The highest BCUT2D eigenvalue weighted by Crippen LogP contribution is 2.24. The molecule has 0 aliphatic carbocycles. The van der Waals surface area contributed by atoms with Crippen LogP contribution >= 0.6 is 0 Å². The summed E-state index contributed by atoms with van der Waals surface area (Å²) in [6.07, 6.45) is 1.62. The first-order valence-electron chi connectivity index (χ1n) is 5.89. The van der Waals surface area contributed by atoms with Gasteiger partial charge in [0.2, 0.25) is 0 Å². The first-order valence-corrected chi connectivity index (χ1v) is 5.89. The number of nitro benzene ring substituents is 1. The molecule has 7 heteroatoms. The summed E-state index contributed by atoms with van der Waals surface area (Å²) in [5, 5.41) is 18.3. The average molecular weight is 261 g/mol. The Labute approximate surface area is 110 Å². The van der Waals surface area contributed by atoms with E-state index in [0.717, 1.165) is 0 Å². The zero-order valence-electron chi connectivity index (χ0n) is 10.8. The van der Waals surface area contributed by atoms with Crippen molar-refractivity contribution in [2.24, 2.45) is 7.05 Å². The van der Waals surface area contributed by atoms with Crippen LogP contribution in [0.15, 0.2) is 30.6 Å². The van der Waals surface area contributed by atoms with E-state index in [9.17, 15) is 10.1 Å². The van der Waals surface area contributed by atoms with Gasteiger partial charge in [-0.05, 0) is 6.92 Å². The number of nitrogens with one attached hydrogen (secondary N) is 1. The molecule has 1 unspecified atom stereocenters. The van der Waals surface area contributed by atoms with Gasteiger partial charge in [0.1, 0.15) is 6.33 Å². The minimum absolute atomic E-state index is 0.122. The monoisotopic (exact) mass is 261 g/mol. The third-order valence-corrected chi connectivity index (χ3v) is 2.81. The maximum atomic E-state index is 11.0. The lowest BCUT2D eigenvalue weighted by Gasteiger charge is -2.12. The second-order valence-electron chi connectivity index (χ2n) is 4.25. The summed E-state index contributed by atoms with van der Waals surface area (Å²) in [5.74, 6) is 0.660. The van der Waals surface area contributed by atoms with Gasteiger partial charge < -0.3 is 5.32 Å². The largest absolute Gasteiger partial charge is 0.303 e. The fraction of sp³-hybridized carbons (Fsp3) is 0.333. The summed E-state index contributed by atoms with van der Waals surface area (Å²) < 4.78 is 1.62. The standard InChI is InChI=1S/C12H15N5O2/c1-9(13-7-12-14-8-16(2)15-12)10-5-3-4-6-11(10)17(18)19/h3-6,8-9,13H,7H2,1-2H3. The SMILES string of the molecule is CC(NCc1ncn(C)n1)c1ccccc1[N+](=O)[O-]. The molecule has 0 aliphatic rings. The van der Waals surface area contributed by atoms with E-state index in [2.05, 4.69) is 15.4 Å². The molecule has 1 atom stereocenters. The molecule has 0 aliphatic heterocycles. The van der Waals surface area contributed by atoms with Gasteiger partial charge in [0.05, 0.1) is 11.5 Å². The minimum atomic E-state index is -0.369. The lowest BCUT2D eigenvalue weighted by Crippen LogP contribution is -2.20. The average Bonchev–Trinajstić information content (AvgIpc) is 2.81. The van der Waals surface area contributed by atoms with Crippen LogP contribution in [0, 0.1) is 10.1 Å². The maximum Gasteiger partial charge on any atom is 0.274 e. The van der Waals surface area contributed by atoms with Crippen LogP contribution < -0.4 is 5.32 Å². The summed E-state index contributed by atoms with van der Waals surface area (Å²) >= 11 is 0. The van der Waals surface area contributed by atoms with E-state index in [-0.39, 0.29) is 16.7 Å². The third kappa shape index (κ3) is 3.14. The van der Waals surface area contributed by atoms with Gasteiger partial charge in [-0.15, -0.1) is 0 Å². The van der Waals surface area contributed by atoms with Crippen molar-refractivity contribution in [3.63, 3.8) is 0 Å². The van der Waals surface area contributed by atoms with Crippen molar-refractivity contribution < 1.29 is 4.92 Å². The Hall–Kier alpha value is -2.28. The summed E-state index contributed by atoms with van der Waals surface area (Å²) in [5.41, 5.74) is 0.778. The number of hydrogen-bond donors (Lipinski definition) is 1. The van der Waals surface area contributed by atoms with E-state index >= 15 is 0 Å². The highest BCUT2D eigenvalue weighted by molar-refractivity contribution is 5.41. The van der Waals surface area contributed by atoms with E-state index in [1.807, 2.05) is 6.92 Å². The summed E-state index contributed by atoms with van der Waals surface area (Å²) in [4.78, 5) is 14.7. The zero-order valence-corrected chi connectivity index (χ0v) is 10.8. The minimum Gasteiger partial charge on any atom is -0.303 e. The van der Waals surface area contributed by atoms with Crippen LogP contribution in [-0.4, -0.2) is 19.7 Å². The fourth-order valence-corrected chi connectivity index (χ4v) is 1.84. The molecule has 19 heavy (non-hydrogen) atoms. The molecule has 1 heterocycles. The van der Waals surface area contributed by atoms with Gasteiger partial charge in [-0.1, -0.05) is 18.2 Å². The van der Waals surface area contributed by atoms with Gasteiger partial charge in [-0.3, -0.25) is 14.8 Å². The molecule has 0 saturated carbocycles. The normalized spacial score (nSPS) is 12.3. The Morgan fingerprint density at radius 2 is 2.21 bits per heavy atom. The lowest BCUT2D eigenvalue weighted by atomic mass is 10.1. The van der Waals surface area contributed by atoms with Gasteiger partial charge in [0.25, 0.3) is 5.69 Å². The van der Waals surface area contributed by atoms with Crippen LogP contribution in [-0.2, 0) is 13.6 Å². The van der Waals surface area contributed by atoms with Crippen molar-refractivity contribution in [3.05, 3.63) is 52.1 Å². The van der Waals surface area contributed by atoms with Crippen molar-refractivity contribution in [2.75, 3.05) is 0 Å². The maximum absolute atomic E-state index is 11.0. The molecule has 0 fully saturated rings. The molecule has 0 spiro atoms. The summed E-state index contributed by atoms with van der Waals surface area (Å²) in [7, 11) is 1.79. The molecular formula is C12H15N5O2. The van der Waals surface area contributed by atoms with Crippen LogP contribution in [0.1, 0.15) is 24.4 Å². The van der Waals surface area contributed by atoms with Gasteiger partial charge in [-0.2, -0.15) is 5.10 Å². The number of nitro groups is 1. The van der Waals surface area contributed by atoms with Crippen molar-refractivity contribution in [3.8, 4) is 0 Å². The number of rotatable bonds is 5. The molecule has 1 N–H and O–H groups in total. The number of benzene rings is 1. The Morgan fingerprint density at radius 3 is 2.84 bits per heavy atom. The Kier molecular flexibility index (Phi) is 3.86. The van der Waals surface area contributed by atoms with Crippen LogP contribution in [0.25, 0.3) is 0 Å². The van der Waals surface area contributed by atoms with Crippen molar-refractivity contribution >= 4 is 5.69 Å². The van der Waals surface area contributed by atoms with Crippen LogP contribution in [0.3, 0.4) is 0 Å². The number of aromatic nitrogens is 3. The second-order valence-corrected chi connectivity index (χ2v) is 4.25. The Bertz CT molecular complexity index is 581. The Morgan fingerprint density at radius 1 is 1.47 bits per heavy atom. The predicted octanol–water partition coefficient (Wildman–Crippen LogP) is 1.57. The molecule has 7 nitrogen and oxygen atoms in total. The zero-order chi connectivity index (χ0) is 13.8. The van der Waals surface area contributed by atoms with Crippen LogP contribution in [0.4, 0.5) is 5.69 Å². The molecule has 2 rings (SSSR count). The number of hydrogen-bond acceptors (Lipinski definition) is 5. The topological polar surface area (TPSA) is 85.9 Å². The smallest absolute Gasteiger partial charge is 0.274 e. The number of nitrogens with zero attached hydrogens (tertiary/aromatic N) is 4. The molecule has 1 aromatic heterocycles. The molecule has 0 bridgehead atoms. The summed E-state index contributed by atoms with van der Waals surface area (Å²) in [6, 6.07) is 6.56. The molecule has 0 amide bonds. The number of para-hydroxylation sites is 1. The molecular weight excluding hydrogens is 246 g/mol. The van der Waals surface area contributed by atoms with Crippen LogP contribution in [0.5, 0.6) is 0 Å². The quantitative estimate of drug-likeness (QED) is 0.652. The van der Waals surface area contributed by atoms with Gasteiger partial charge in [-0.25, -0.2) is 4.98 Å². The molecule has 0 radical (unpaired) electrons. The number of aryl methyl sites for hydroxylation is 1.